The third-order valence-electron chi connectivity index (χ3n) is 6.63. The van der Waals surface area contributed by atoms with Gasteiger partial charge in [0.1, 0.15) is 17.4 Å². The van der Waals surface area contributed by atoms with E-state index in [1.54, 1.807) is 16.9 Å². The zero-order valence-electron chi connectivity index (χ0n) is 19.5. The third kappa shape index (κ3) is 4.93. The van der Waals surface area contributed by atoms with Gasteiger partial charge in [-0.3, -0.25) is 9.78 Å². The molecule has 0 spiro atoms. The van der Waals surface area contributed by atoms with Crippen LogP contribution in [-0.4, -0.2) is 78.3 Å². The van der Waals surface area contributed by atoms with E-state index in [1.165, 1.54) is 10.6 Å². The van der Waals surface area contributed by atoms with Crippen LogP contribution in [-0.2, 0) is 14.8 Å². The predicted molar refractivity (Wildman–Crippen MR) is 133 cm³/mol. The number of pyridine rings is 2. The molecule has 0 aliphatic carbocycles. The lowest BCUT2D eigenvalue weighted by molar-refractivity contribution is -0.119. The monoisotopic (exact) mass is 518 g/mol. The second kappa shape index (κ2) is 9.29. The van der Waals surface area contributed by atoms with E-state index < -0.39 is 10.0 Å². The van der Waals surface area contributed by atoms with Crippen molar-refractivity contribution in [2.24, 2.45) is 5.92 Å². The molecule has 2 aliphatic heterocycles. The zero-order chi connectivity index (χ0) is 24.7. The molecule has 0 unspecified atom stereocenters. The maximum atomic E-state index is 11.8. The molecular weight excluding hydrogens is 492 g/mol. The van der Waals surface area contributed by atoms with E-state index in [4.69, 9.17) is 16.3 Å². The first-order valence-electron chi connectivity index (χ1n) is 11.5. The van der Waals surface area contributed by atoms with Gasteiger partial charge in [-0.2, -0.15) is 9.40 Å². The Morgan fingerprint density at radius 2 is 1.97 bits per heavy atom. The number of piperazine rings is 1. The van der Waals surface area contributed by atoms with Crippen molar-refractivity contribution < 1.29 is 17.9 Å². The Morgan fingerprint density at radius 3 is 2.60 bits per heavy atom. The average molecular weight is 519 g/mol. The van der Waals surface area contributed by atoms with Gasteiger partial charge < -0.3 is 15.0 Å². The minimum Gasteiger partial charge on any atom is -0.488 e. The minimum atomic E-state index is -3.17. The van der Waals surface area contributed by atoms with Gasteiger partial charge in [0, 0.05) is 56.8 Å². The quantitative estimate of drug-likeness (QED) is 0.531. The number of carbonyl (C=O) groups is 1. The van der Waals surface area contributed by atoms with Crippen molar-refractivity contribution in [1.29, 1.82) is 0 Å². The summed E-state index contributed by atoms with van der Waals surface area (Å²) in [5.41, 5.74) is 3.16. The molecule has 12 heteroatoms. The summed E-state index contributed by atoms with van der Waals surface area (Å²) in [6, 6.07) is 5.81. The summed E-state index contributed by atoms with van der Waals surface area (Å²) < 4.78 is 33.0. The fourth-order valence-electron chi connectivity index (χ4n) is 4.56. The molecule has 2 atom stereocenters. The van der Waals surface area contributed by atoms with Gasteiger partial charge in [0.15, 0.2) is 0 Å². The van der Waals surface area contributed by atoms with Crippen LogP contribution in [0.15, 0.2) is 36.8 Å². The summed E-state index contributed by atoms with van der Waals surface area (Å²) in [5.74, 6) is 0.696. The summed E-state index contributed by atoms with van der Waals surface area (Å²) in [6.07, 6.45) is 6.71. The number of hydrogen-bond acceptors (Lipinski definition) is 7. The first kappa shape index (κ1) is 23.8. The van der Waals surface area contributed by atoms with Gasteiger partial charge in [-0.05, 0) is 25.1 Å². The van der Waals surface area contributed by atoms with Gasteiger partial charge in [-0.15, -0.1) is 0 Å². The molecule has 3 aromatic rings. The molecule has 0 radical (unpaired) electrons. The zero-order valence-corrected chi connectivity index (χ0v) is 21.1. The summed E-state index contributed by atoms with van der Waals surface area (Å²) in [7, 11) is -3.17. The SMILES string of the molecule is C[C@@H](Oc1cc(-c2ccc(N3CCN(S(C)(=O)=O)CC3)cn2)cn2ncc(Cl)c12)[C@H]1CNC(=O)C1. The van der Waals surface area contributed by atoms with Crippen molar-refractivity contribution in [2.45, 2.75) is 19.4 Å². The van der Waals surface area contributed by atoms with Gasteiger partial charge in [0.2, 0.25) is 15.9 Å². The Labute approximate surface area is 208 Å². The van der Waals surface area contributed by atoms with E-state index in [0.717, 1.165) is 16.9 Å². The Balaban J connectivity index is 1.37. The van der Waals surface area contributed by atoms with E-state index in [-0.39, 0.29) is 17.9 Å². The standard InChI is InChI=1S/C23H27ClN6O4S/c1-15(16-10-22(31)26-11-16)34-21-9-17(14-30-23(21)19(24)13-27-30)20-4-3-18(12-25-20)28-5-7-29(8-6-28)35(2,32)33/h3-4,9,12-16H,5-8,10-11H2,1-2H3,(H,26,31)/t15-,16-/m1/s1. The van der Waals surface area contributed by atoms with Crippen LogP contribution >= 0.6 is 11.6 Å². The number of hydrogen-bond donors (Lipinski definition) is 1. The number of halogens is 1. The normalized spacial score (nSPS) is 20.3. The van der Waals surface area contributed by atoms with E-state index in [0.29, 0.717) is 55.4 Å². The van der Waals surface area contributed by atoms with Gasteiger partial charge in [0.05, 0.1) is 35.1 Å². The highest BCUT2D eigenvalue weighted by atomic mass is 35.5. The van der Waals surface area contributed by atoms with Crippen LogP contribution in [0.25, 0.3) is 16.8 Å². The number of rotatable bonds is 6. The fourth-order valence-corrected chi connectivity index (χ4v) is 5.61. The molecule has 186 valence electrons. The number of aromatic nitrogens is 3. The predicted octanol–water partition coefficient (Wildman–Crippen LogP) is 2.03. The van der Waals surface area contributed by atoms with E-state index in [2.05, 4.69) is 20.3 Å². The van der Waals surface area contributed by atoms with Crippen LogP contribution in [0, 0.1) is 5.92 Å². The molecule has 2 fully saturated rings. The van der Waals surface area contributed by atoms with Crippen molar-refractivity contribution in [1.82, 2.24) is 24.2 Å². The molecule has 5 rings (SSSR count). The van der Waals surface area contributed by atoms with E-state index in [9.17, 15) is 13.2 Å². The molecule has 2 saturated heterocycles. The first-order valence-corrected chi connectivity index (χ1v) is 13.7. The number of sulfonamides is 1. The van der Waals surface area contributed by atoms with Crippen molar-refractivity contribution >= 4 is 38.7 Å². The summed E-state index contributed by atoms with van der Waals surface area (Å²) in [6.45, 7) is 4.68. The molecule has 0 saturated carbocycles. The minimum absolute atomic E-state index is 0.0359. The molecule has 5 heterocycles. The summed E-state index contributed by atoms with van der Waals surface area (Å²) >= 11 is 6.40. The molecule has 3 aromatic heterocycles. The molecular formula is C23H27ClN6O4S. The van der Waals surface area contributed by atoms with Crippen molar-refractivity contribution in [3.8, 4) is 17.0 Å². The van der Waals surface area contributed by atoms with Crippen molar-refractivity contribution in [2.75, 3.05) is 43.9 Å². The Morgan fingerprint density at radius 1 is 1.20 bits per heavy atom. The molecule has 0 bridgehead atoms. The van der Waals surface area contributed by atoms with Crippen LogP contribution in [0.1, 0.15) is 13.3 Å². The number of anilines is 1. The molecule has 35 heavy (non-hydrogen) atoms. The Bertz CT molecular complexity index is 1350. The lowest BCUT2D eigenvalue weighted by atomic mass is 10.0. The number of nitrogens with one attached hydrogen (secondary N) is 1. The number of fused-ring (bicyclic) bond motifs is 1. The molecule has 0 aromatic carbocycles. The van der Waals surface area contributed by atoms with Gasteiger partial charge in [-0.1, -0.05) is 11.6 Å². The van der Waals surface area contributed by atoms with Crippen molar-refractivity contribution in [3.63, 3.8) is 0 Å². The lowest BCUT2D eigenvalue weighted by Gasteiger charge is -2.34. The molecule has 1 amide bonds. The van der Waals surface area contributed by atoms with Crippen LogP contribution in [0.3, 0.4) is 0 Å². The lowest BCUT2D eigenvalue weighted by Crippen LogP contribution is -2.48. The molecule has 10 nitrogen and oxygen atoms in total. The fraction of sp³-hybridized carbons (Fsp3) is 0.435. The average Bonchev–Trinajstić information content (AvgIpc) is 3.44. The van der Waals surface area contributed by atoms with Crippen LogP contribution in [0.4, 0.5) is 5.69 Å². The largest absolute Gasteiger partial charge is 0.488 e. The topological polar surface area (TPSA) is 109 Å². The molecule has 2 aliphatic rings. The van der Waals surface area contributed by atoms with Gasteiger partial charge in [-0.25, -0.2) is 12.9 Å². The number of amides is 1. The summed E-state index contributed by atoms with van der Waals surface area (Å²) in [4.78, 5) is 18.4. The maximum absolute atomic E-state index is 11.8. The van der Waals surface area contributed by atoms with Gasteiger partial charge >= 0.3 is 0 Å². The van der Waals surface area contributed by atoms with E-state index in [1.807, 2.05) is 31.3 Å². The summed E-state index contributed by atoms with van der Waals surface area (Å²) in [5, 5.41) is 7.68. The molecule has 1 N–H and O–H groups in total. The van der Waals surface area contributed by atoms with Crippen LogP contribution in [0.2, 0.25) is 5.02 Å². The number of nitrogens with zero attached hydrogens (tertiary/aromatic N) is 5. The van der Waals surface area contributed by atoms with E-state index >= 15 is 0 Å². The van der Waals surface area contributed by atoms with Gasteiger partial charge in [0.25, 0.3) is 0 Å². The first-order chi connectivity index (χ1) is 16.7. The highest BCUT2D eigenvalue weighted by molar-refractivity contribution is 7.88. The smallest absolute Gasteiger partial charge is 0.220 e. The maximum Gasteiger partial charge on any atom is 0.220 e. The van der Waals surface area contributed by atoms with Crippen LogP contribution in [0.5, 0.6) is 5.75 Å². The Hall–Kier alpha value is -2.89. The highest BCUT2D eigenvalue weighted by Gasteiger charge is 2.29. The number of ether oxygens (including phenoxy) is 1. The highest BCUT2D eigenvalue weighted by Crippen LogP contribution is 2.34. The van der Waals surface area contributed by atoms with Crippen LogP contribution < -0.4 is 15.0 Å². The Kier molecular flexibility index (Phi) is 6.32. The second-order valence-corrected chi connectivity index (χ2v) is 11.4. The number of carbonyl (C=O) groups excluding carboxylic acids is 1. The second-order valence-electron chi connectivity index (χ2n) is 9.02. The third-order valence-corrected chi connectivity index (χ3v) is 8.21. The van der Waals surface area contributed by atoms with Crippen molar-refractivity contribution in [3.05, 3.63) is 41.8 Å².